The number of hydrogen-bond acceptors (Lipinski definition) is 4. The molecule has 1 saturated carbocycles. The maximum atomic E-state index is 5.50. The number of nitrogens with two attached hydrogens (primary N) is 1. The van der Waals surface area contributed by atoms with Gasteiger partial charge in [0.15, 0.2) is 0 Å². The zero-order valence-corrected chi connectivity index (χ0v) is 9.89. The lowest BCUT2D eigenvalue weighted by Crippen LogP contribution is -2.24. The van der Waals surface area contributed by atoms with Gasteiger partial charge in [0.2, 0.25) is 0 Å². The Labute approximate surface area is 96.9 Å². The van der Waals surface area contributed by atoms with Crippen LogP contribution in [0.25, 0.3) is 0 Å². The average Bonchev–Trinajstić information content (AvgIpc) is 2.74. The van der Waals surface area contributed by atoms with Gasteiger partial charge in [-0.25, -0.2) is 4.98 Å². The lowest BCUT2D eigenvalue weighted by atomic mass is 10.1. The maximum absolute atomic E-state index is 5.50. The van der Waals surface area contributed by atoms with Crippen LogP contribution < -0.4 is 5.73 Å². The summed E-state index contributed by atoms with van der Waals surface area (Å²) in [7, 11) is 2.15. The molecular weight excluding hydrogens is 200 g/mol. The van der Waals surface area contributed by atoms with E-state index < -0.39 is 0 Å². The molecule has 4 nitrogen and oxygen atoms in total. The molecule has 0 radical (unpaired) electrons. The first kappa shape index (κ1) is 11.3. The summed E-state index contributed by atoms with van der Waals surface area (Å²) < 4.78 is 0. The Morgan fingerprint density at radius 2 is 2.06 bits per heavy atom. The maximum Gasteiger partial charge on any atom is 0.141 e. The zero-order chi connectivity index (χ0) is 11.4. The standard InChI is InChI=1S/C12H20N4/c1-16(8-10-4-2-3-5-10)9-11-6-15-12(13)7-14-11/h6-7,10H,2-5,8-9H2,1H3,(H2,13,15). The van der Waals surface area contributed by atoms with Crippen molar-refractivity contribution in [2.24, 2.45) is 5.92 Å². The summed E-state index contributed by atoms with van der Waals surface area (Å²) in [5, 5.41) is 0. The van der Waals surface area contributed by atoms with E-state index in [1.54, 1.807) is 12.4 Å². The number of aromatic nitrogens is 2. The number of rotatable bonds is 4. The molecule has 0 spiro atoms. The molecule has 0 aliphatic heterocycles. The second-order valence-corrected chi connectivity index (χ2v) is 4.78. The predicted octanol–water partition coefficient (Wildman–Crippen LogP) is 1.68. The molecule has 0 bridgehead atoms. The van der Waals surface area contributed by atoms with Gasteiger partial charge in [0, 0.05) is 13.1 Å². The lowest BCUT2D eigenvalue weighted by molar-refractivity contribution is 0.268. The number of nitrogens with zero attached hydrogens (tertiary/aromatic N) is 3. The molecule has 1 aliphatic rings. The number of hydrogen-bond donors (Lipinski definition) is 1. The first-order chi connectivity index (χ1) is 7.74. The minimum Gasteiger partial charge on any atom is -0.382 e. The van der Waals surface area contributed by atoms with Crippen molar-refractivity contribution in [3.63, 3.8) is 0 Å². The quantitative estimate of drug-likeness (QED) is 0.838. The van der Waals surface area contributed by atoms with Gasteiger partial charge in [-0.15, -0.1) is 0 Å². The van der Waals surface area contributed by atoms with Gasteiger partial charge in [-0.2, -0.15) is 0 Å². The van der Waals surface area contributed by atoms with Crippen LogP contribution in [0.5, 0.6) is 0 Å². The Morgan fingerprint density at radius 3 is 2.69 bits per heavy atom. The summed E-state index contributed by atoms with van der Waals surface area (Å²) in [6.45, 7) is 2.04. The van der Waals surface area contributed by atoms with Crippen LogP contribution >= 0.6 is 0 Å². The van der Waals surface area contributed by atoms with Gasteiger partial charge in [-0.05, 0) is 25.8 Å². The molecule has 0 unspecified atom stereocenters. The summed E-state index contributed by atoms with van der Waals surface area (Å²) >= 11 is 0. The van der Waals surface area contributed by atoms with Crippen molar-refractivity contribution in [3.05, 3.63) is 18.1 Å². The van der Waals surface area contributed by atoms with Crippen molar-refractivity contribution in [3.8, 4) is 0 Å². The highest BCUT2D eigenvalue weighted by Crippen LogP contribution is 2.25. The Morgan fingerprint density at radius 1 is 1.31 bits per heavy atom. The van der Waals surface area contributed by atoms with Crippen molar-refractivity contribution in [2.75, 3.05) is 19.3 Å². The van der Waals surface area contributed by atoms with E-state index >= 15 is 0 Å². The van der Waals surface area contributed by atoms with Crippen molar-refractivity contribution < 1.29 is 0 Å². The van der Waals surface area contributed by atoms with E-state index in [1.165, 1.54) is 32.2 Å². The molecule has 16 heavy (non-hydrogen) atoms. The normalized spacial score (nSPS) is 17.1. The van der Waals surface area contributed by atoms with E-state index in [1.807, 2.05) is 0 Å². The van der Waals surface area contributed by atoms with Crippen LogP contribution in [0.1, 0.15) is 31.4 Å². The lowest BCUT2D eigenvalue weighted by Gasteiger charge is -2.20. The van der Waals surface area contributed by atoms with Gasteiger partial charge in [0.05, 0.1) is 18.1 Å². The molecular formula is C12H20N4. The first-order valence-electron chi connectivity index (χ1n) is 5.99. The SMILES string of the molecule is CN(Cc1cnc(N)cn1)CC1CCCC1. The summed E-state index contributed by atoms with van der Waals surface area (Å²) in [5.41, 5.74) is 6.50. The molecule has 88 valence electrons. The van der Waals surface area contributed by atoms with Crippen molar-refractivity contribution in [2.45, 2.75) is 32.2 Å². The molecule has 2 rings (SSSR count). The van der Waals surface area contributed by atoms with Crippen molar-refractivity contribution in [1.29, 1.82) is 0 Å². The van der Waals surface area contributed by atoms with Gasteiger partial charge in [0.1, 0.15) is 5.82 Å². The fourth-order valence-electron chi connectivity index (χ4n) is 2.42. The molecule has 1 fully saturated rings. The topological polar surface area (TPSA) is 55.0 Å². The van der Waals surface area contributed by atoms with E-state index in [0.717, 1.165) is 18.2 Å². The molecule has 4 heteroatoms. The highest BCUT2D eigenvalue weighted by Gasteiger charge is 2.16. The van der Waals surface area contributed by atoms with Gasteiger partial charge in [0.25, 0.3) is 0 Å². The third-order valence-electron chi connectivity index (χ3n) is 3.20. The summed E-state index contributed by atoms with van der Waals surface area (Å²) in [6, 6.07) is 0. The molecule has 0 amide bonds. The second kappa shape index (κ2) is 5.25. The summed E-state index contributed by atoms with van der Waals surface area (Å²) in [5.74, 6) is 1.37. The third-order valence-corrected chi connectivity index (χ3v) is 3.20. The fourth-order valence-corrected chi connectivity index (χ4v) is 2.42. The Balaban J connectivity index is 1.81. The van der Waals surface area contributed by atoms with Crippen LogP contribution in [0, 0.1) is 5.92 Å². The third kappa shape index (κ3) is 3.17. The summed E-state index contributed by atoms with van der Waals surface area (Å²) in [4.78, 5) is 10.6. The van der Waals surface area contributed by atoms with Crippen molar-refractivity contribution in [1.82, 2.24) is 14.9 Å². The van der Waals surface area contributed by atoms with E-state index in [9.17, 15) is 0 Å². The van der Waals surface area contributed by atoms with E-state index in [-0.39, 0.29) is 0 Å². The van der Waals surface area contributed by atoms with E-state index in [4.69, 9.17) is 5.73 Å². The minimum atomic E-state index is 0.488. The highest BCUT2D eigenvalue weighted by molar-refractivity contribution is 5.22. The molecule has 1 aliphatic carbocycles. The second-order valence-electron chi connectivity index (χ2n) is 4.78. The van der Waals surface area contributed by atoms with Crippen LogP contribution in [-0.4, -0.2) is 28.5 Å². The average molecular weight is 220 g/mol. The molecule has 0 saturated heterocycles. The van der Waals surface area contributed by atoms with Crippen molar-refractivity contribution >= 4 is 5.82 Å². The van der Waals surface area contributed by atoms with Gasteiger partial charge in [-0.3, -0.25) is 4.98 Å². The number of anilines is 1. The molecule has 0 atom stereocenters. The minimum absolute atomic E-state index is 0.488. The van der Waals surface area contributed by atoms with Gasteiger partial charge >= 0.3 is 0 Å². The summed E-state index contributed by atoms with van der Waals surface area (Å²) in [6.07, 6.45) is 8.97. The molecule has 1 aromatic rings. The molecule has 0 aromatic carbocycles. The Hall–Kier alpha value is -1.16. The largest absolute Gasteiger partial charge is 0.382 e. The van der Waals surface area contributed by atoms with Gasteiger partial charge < -0.3 is 10.6 Å². The highest BCUT2D eigenvalue weighted by atomic mass is 15.1. The molecule has 2 N–H and O–H groups in total. The molecule has 1 aromatic heterocycles. The monoisotopic (exact) mass is 220 g/mol. The smallest absolute Gasteiger partial charge is 0.141 e. The van der Waals surface area contributed by atoms with Crippen LogP contribution in [0.15, 0.2) is 12.4 Å². The Kier molecular flexibility index (Phi) is 3.72. The van der Waals surface area contributed by atoms with Crippen LogP contribution in [0.4, 0.5) is 5.82 Å². The first-order valence-corrected chi connectivity index (χ1v) is 5.99. The van der Waals surface area contributed by atoms with Crippen LogP contribution in [-0.2, 0) is 6.54 Å². The number of nitrogen functional groups attached to an aromatic ring is 1. The fraction of sp³-hybridized carbons (Fsp3) is 0.667. The van der Waals surface area contributed by atoms with Crippen LogP contribution in [0.3, 0.4) is 0 Å². The van der Waals surface area contributed by atoms with Gasteiger partial charge in [-0.1, -0.05) is 12.8 Å². The van der Waals surface area contributed by atoms with Crippen LogP contribution in [0.2, 0.25) is 0 Å². The Bertz CT molecular complexity index is 316. The molecule has 1 heterocycles. The van der Waals surface area contributed by atoms with E-state index in [0.29, 0.717) is 5.82 Å². The van der Waals surface area contributed by atoms with E-state index in [2.05, 4.69) is 21.9 Å². The predicted molar refractivity (Wildman–Crippen MR) is 64.7 cm³/mol. The zero-order valence-electron chi connectivity index (χ0n) is 9.89.